The summed E-state index contributed by atoms with van der Waals surface area (Å²) in [5, 5.41) is 11.7. The van der Waals surface area contributed by atoms with E-state index in [1.54, 1.807) is 0 Å². The van der Waals surface area contributed by atoms with Crippen molar-refractivity contribution in [1.82, 2.24) is 4.90 Å². The number of anilines is 1. The zero-order valence-electron chi connectivity index (χ0n) is 12.6. The lowest BCUT2D eigenvalue weighted by Gasteiger charge is -2.28. The lowest BCUT2D eigenvalue weighted by atomic mass is 9.98. The van der Waals surface area contributed by atoms with Crippen LogP contribution in [0.2, 0.25) is 5.02 Å². The molecule has 2 aliphatic rings. The maximum Gasteiger partial charge on any atom is 0.248 e. The minimum absolute atomic E-state index is 0.0318. The van der Waals surface area contributed by atoms with Gasteiger partial charge in [0.05, 0.1) is 10.7 Å². The van der Waals surface area contributed by atoms with Crippen LogP contribution in [-0.4, -0.2) is 41.5 Å². The van der Waals surface area contributed by atoms with Gasteiger partial charge in [0, 0.05) is 31.1 Å². The first-order valence-electron chi connectivity index (χ1n) is 7.30. The highest BCUT2D eigenvalue weighted by Crippen LogP contribution is 2.44. The number of aliphatic hydroxyl groups is 1. The molecule has 3 rings (SSSR count). The van der Waals surface area contributed by atoms with Crippen LogP contribution in [0.1, 0.15) is 24.5 Å². The van der Waals surface area contributed by atoms with Crippen LogP contribution < -0.4 is 5.32 Å². The lowest BCUT2D eigenvalue weighted by Crippen LogP contribution is -2.37. The Morgan fingerprint density at radius 2 is 2.22 bits per heavy atom. The molecule has 1 aromatic carbocycles. The molecule has 1 heterocycles. The van der Waals surface area contributed by atoms with Crippen molar-refractivity contribution in [2.75, 3.05) is 25.0 Å². The normalized spacial score (nSPS) is 16.3. The molecule has 0 bridgehead atoms. The van der Waals surface area contributed by atoms with Gasteiger partial charge in [-0.25, -0.2) is 4.39 Å². The average Bonchev–Trinajstić information content (AvgIpc) is 2.90. The van der Waals surface area contributed by atoms with Crippen LogP contribution in [-0.2, 0) is 16.0 Å². The SMILES string of the molecule is CC(=O)Nc1cc(Cl)c(F)c2c1C1=C(CCN(C(=O)CO)C1)C2. The van der Waals surface area contributed by atoms with Gasteiger partial charge in [0.2, 0.25) is 11.8 Å². The number of fused-ring (bicyclic) bond motifs is 2. The van der Waals surface area contributed by atoms with Crippen molar-refractivity contribution < 1.29 is 19.1 Å². The van der Waals surface area contributed by atoms with Crippen LogP contribution in [0.3, 0.4) is 0 Å². The summed E-state index contributed by atoms with van der Waals surface area (Å²) in [5.41, 5.74) is 3.43. The van der Waals surface area contributed by atoms with Gasteiger partial charge in [0.1, 0.15) is 12.4 Å². The summed E-state index contributed by atoms with van der Waals surface area (Å²) in [6.07, 6.45) is 1.05. The number of hydrogen-bond donors (Lipinski definition) is 2. The summed E-state index contributed by atoms with van der Waals surface area (Å²) in [5.74, 6) is -1.12. The Balaban J connectivity index is 2.06. The number of halogens is 2. The highest BCUT2D eigenvalue weighted by molar-refractivity contribution is 6.31. The average molecular weight is 339 g/mol. The fraction of sp³-hybridized carbons (Fsp3) is 0.375. The van der Waals surface area contributed by atoms with Crippen molar-refractivity contribution in [3.8, 4) is 0 Å². The van der Waals surface area contributed by atoms with E-state index in [0.29, 0.717) is 42.7 Å². The van der Waals surface area contributed by atoms with Gasteiger partial charge < -0.3 is 15.3 Å². The molecular weight excluding hydrogens is 323 g/mol. The minimum Gasteiger partial charge on any atom is -0.387 e. The molecule has 0 atom stereocenters. The number of carbonyl (C=O) groups excluding carboxylic acids is 2. The van der Waals surface area contributed by atoms with Gasteiger partial charge in [0.25, 0.3) is 0 Å². The van der Waals surface area contributed by atoms with Gasteiger partial charge in [-0.05, 0) is 24.5 Å². The number of carbonyl (C=O) groups is 2. The molecule has 0 fully saturated rings. The third kappa shape index (κ3) is 2.72. The Bertz CT molecular complexity index is 745. The summed E-state index contributed by atoms with van der Waals surface area (Å²) in [6, 6.07) is 1.40. The zero-order valence-corrected chi connectivity index (χ0v) is 13.3. The van der Waals surface area contributed by atoms with E-state index < -0.39 is 12.4 Å². The molecule has 7 heteroatoms. The third-order valence-electron chi connectivity index (χ3n) is 4.27. The van der Waals surface area contributed by atoms with E-state index in [4.69, 9.17) is 16.7 Å². The second kappa shape index (κ2) is 5.94. The van der Waals surface area contributed by atoms with Crippen molar-refractivity contribution in [1.29, 1.82) is 0 Å². The Labute approximate surface area is 137 Å². The first-order chi connectivity index (χ1) is 10.9. The smallest absolute Gasteiger partial charge is 0.248 e. The highest BCUT2D eigenvalue weighted by atomic mass is 35.5. The van der Waals surface area contributed by atoms with Crippen LogP contribution in [0.5, 0.6) is 0 Å². The van der Waals surface area contributed by atoms with Gasteiger partial charge in [-0.1, -0.05) is 17.2 Å². The molecule has 0 unspecified atom stereocenters. The van der Waals surface area contributed by atoms with Crippen LogP contribution in [0.25, 0.3) is 5.57 Å². The number of amides is 2. The molecule has 1 aliphatic heterocycles. The Morgan fingerprint density at radius 3 is 2.87 bits per heavy atom. The summed E-state index contributed by atoms with van der Waals surface area (Å²) >= 11 is 5.94. The second-order valence-electron chi connectivity index (χ2n) is 5.74. The predicted molar refractivity (Wildman–Crippen MR) is 84.6 cm³/mol. The van der Waals surface area contributed by atoms with E-state index in [9.17, 15) is 14.0 Å². The number of hydrogen-bond acceptors (Lipinski definition) is 3. The number of aliphatic hydroxyl groups excluding tert-OH is 1. The molecule has 0 spiro atoms. The van der Waals surface area contributed by atoms with Gasteiger partial charge in [-0.15, -0.1) is 0 Å². The van der Waals surface area contributed by atoms with Crippen LogP contribution in [0.4, 0.5) is 10.1 Å². The Morgan fingerprint density at radius 1 is 1.48 bits per heavy atom. The largest absolute Gasteiger partial charge is 0.387 e. The number of nitrogens with one attached hydrogen (secondary N) is 1. The van der Waals surface area contributed by atoms with Gasteiger partial charge in [-0.2, -0.15) is 0 Å². The van der Waals surface area contributed by atoms with Crippen molar-refractivity contribution in [2.24, 2.45) is 0 Å². The lowest BCUT2D eigenvalue weighted by molar-refractivity contribution is -0.133. The van der Waals surface area contributed by atoms with Crippen LogP contribution >= 0.6 is 11.6 Å². The second-order valence-corrected chi connectivity index (χ2v) is 6.14. The van der Waals surface area contributed by atoms with E-state index in [1.165, 1.54) is 17.9 Å². The fourth-order valence-corrected chi connectivity index (χ4v) is 3.48. The van der Waals surface area contributed by atoms with Crippen LogP contribution in [0.15, 0.2) is 11.6 Å². The summed E-state index contributed by atoms with van der Waals surface area (Å²) in [4.78, 5) is 24.7. The maximum absolute atomic E-state index is 14.4. The number of benzene rings is 1. The topological polar surface area (TPSA) is 69.6 Å². The maximum atomic E-state index is 14.4. The fourth-order valence-electron chi connectivity index (χ4n) is 3.26. The first-order valence-corrected chi connectivity index (χ1v) is 7.68. The van der Waals surface area contributed by atoms with E-state index in [1.807, 2.05) is 0 Å². The quantitative estimate of drug-likeness (QED) is 0.866. The third-order valence-corrected chi connectivity index (χ3v) is 4.54. The van der Waals surface area contributed by atoms with Gasteiger partial charge in [-0.3, -0.25) is 9.59 Å². The predicted octanol–water partition coefficient (Wildman–Crippen LogP) is 1.97. The van der Waals surface area contributed by atoms with E-state index in [0.717, 1.165) is 11.1 Å². The number of rotatable bonds is 2. The van der Waals surface area contributed by atoms with Crippen molar-refractivity contribution in [3.63, 3.8) is 0 Å². The standard InChI is InChI=1S/C16H16ClFN2O3/c1-8(22)19-13-5-12(17)16(18)10-4-9-2-3-20(14(23)7-21)6-11(9)15(10)13/h5,21H,2-4,6-7H2,1H3,(H,19,22). The Kier molecular flexibility index (Phi) is 4.12. The molecule has 1 aromatic rings. The molecule has 0 saturated carbocycles. The molecular formula is C16H16ClFN2O3. The minimum atomic E-state index is -0.553. The van der Waals surface area contributed by atoms with Crippen LogP contribution in [0, 0.1) is 5.82 Å². The van der Waals surface area contributed by atoms with E-state index >= 15 is 0 Å². The molecule has 2 amide bonds. The molecule has 2 N–H and O–H groups in total. The van der Waals surface area contributed by atoms with E-state index in [-0.39, 0.29) is 16.8 Å². The highest BCUT2D eigenvalue weighted by Gasteiger charge is 2.33. The first kappa shape index (κ1) is 16.0. The van der Waals surface area contributed by atoms with Gasteiger partial charge >= 0.3 is 0 Å². The molecule has 0 saturated heterocycles. The molecule has 23 heavy (non-hydrogen) atoms. The molecule has 0 radical (unpaired) electrons. The zero-order chi connectivity index (χ0) is 16.7. The summed E-state index contributed by atoms with van der Waals surface area (Å²) in [7, 11) is 0. The van der Waals surface area contributed by atoms with E-state index in [2.05, 4.69) is 5.32 Å². The van der Waals surface area contributed by atoms with Crippen molar-refractivity contribution in [3.05, 3.63) is 33.6 Å². The Hall–Kier alpha value is -1.92. The number of nitrogens with zero attached hydrogens (tertiary/aromatic N) is 1. The van der Waals surface area contributed by atoms with Crippen molar-refractivity contribution >= 4 is 34.7 Å². The summed E-state index contributed by atoms with van der Waals surface area (Å²) < 4.78 is 14.4. The monoisotopic (exact) mass is 338 g/mol. The van der Waals surface area contributed by atoms with Gasteiger partial charge in [0.15, 0.2) is 0 Å². The molecule has 1 aliphatic carbocycles. The summed E-state index contributed by atoms with van der Waals surface area (Å²) in [6.45, 7) is 1.62. The molecule has 5 nitrogen and oxygen atoms in total. The molecule has 122 valence electrons. The molecule has 0 aromatic heterocycles. The van der Waals surface area contributed by atoms with Crippen molar-refractivity contribution in [2.45, 2.75) is 19.8 Å².